The van der Waals surface area contributed by atoms with E-state index in [1.165, 1.54) is 6.33 Å². The zero-order chi connectivity index (χ0) is 11.4. The first-order chi connectivity index (χ1) is 7.85. The Morgan fingerprint density at radius 1 is 1.25 bits per heavy atom. The number of oxazole rings is 1. The van der Waals surface area contributed by atoms with Crippen molar-refractivity contribution in [3.8, 4) is 11.4 Å². The molecule has 0 saturated heterocycles. The summed E-state index contributed by atoms with van der Waals surface area (Å²) in [6.45, 7) is 4.28. The Hall–Kier alpha value is -1.71. The fraction of sp³-hybridized carbons (Fsp3) is 0.417. The third-order valence-corrected chi connectivity index (χ3v) is 2.70. The van der Waals surface area contributed by atoms with E-state index >= 15 is 0 Å². The van der Waals surface area contributed by atoms with Crippen molar-refractivity contribution in [3.63, 3.8) is 0 Å². The number of nitrogens with zero attached hydrogens (tertiary/aromatic N) is 3. The molecule has 84 valence electrons. The molecular weight excluding hydrogens is 202 g/mol. The van der Waals surface area contributed by atoms with Crippen LogP contribution in [0.15, 0.2) is 29.3 Å². The minimum atomic E-state index is 0.399. The molecule has 2 aromatic rings. The van der Waals surface area contributed by atoms with Crippen LogP contribution < -0.4 is 0 Å². The van der Waals surface area contributed by atoms with Crippen molar-refractivity contribution in [2.45, 2.75) is 32.6 Å². The largest absolute Gasteiger partial charge is 0.448 e. The van der Waals surface area contributed by atoms with Crippen LogP contribution in [0.3, 0.4) is 0 Å². The van der Waals surface area contributed by atoms with E-state index in [2.05, 4.69) is 28.8 Å². The second-order valence-corrected chi connectivity index (χ2v) is 3.68. The maximum Gasteiger partial charge on any atom is 0.197 e. The van der Waals surface area contributed by atoms with Gasteiger partial charge < -0.3 is 4.42 Å². The highest BCUT2D eigenvalue weighted by atomic mass is 16.3. The van der Waals surface area contributed by atoms with Gasteiger partial charge in [-0.15, -0.1) is 0 Å². The molecule has 2 aromatic heterocycles. The van der Waals surface area contributed by atoms with Crippen LogP contribution in [0.25, 0.3) is 11.4 Å². The summed E-state index contributed by atoms with van der Waals surface area (Å²) in [5.41, 5.74) is 1.58. The molecule has 2 rings (SSSR count). The molecule has 0 aliphatic carbocycles. The van der Waals surface area contributed by atoms with Crippen molar-refractivity contribution in [1.82, 2.24) is 15.0 Å². The van der Waals surface area contributed by atoms with Gasteiger partial charge in [-0.1, -0.05) is 13.8 Å². The third kappa shape index (κ3) is 2.10. The average Bonchev–Trinajstić information content (AvgIpc) is 2.81. The standard InChI is InChI=1S/C12H15N3O/c1-3-9(4-2)12-15-11(7-16-12)10-5-6-13-8-14-10/h5-9H,3-4H2,1-2H3. The van der Waals surface area contributed by atoms with E-state index < -0.39 is 0 Å². The lowest BCUT2D eigenvalue weighted by atomic mass is 10.0. The number of hydrogen-bond acceptors (Lipinski definition) is 4. The van der Waals surface area contributed by atoms with Gasteiger partial charge in [0.2, 0.25) is 0 Å². The van der Waals surface area contributed by atoms with E-state index in [4.69, 9.17) is 4.42 Å². The quantitative estimate of drug-likeness (QED) is 0.789. The fourth-order valence-electron chi connectivity index (χ4n) is 1.67. The molecule has 4 nitrogen and oxygen atoms in total. The minimum absolute atomic E-state index is 0.399. The third-order valence-electron chi connectivity index (χ3n) is 2.70. The highest BCUT2D eigenvalue weighted by molar-refractivity contribution is 5.51. The molecule has 16 heavy (non-hydrogen) atoms. The molecule has 0 bridgehead atoms. The first-order valence-electron chi connectivity index (χ1n) is 5.57. The molecule has 0 saturated carbocycles. The van der Waals surface area contributed by atoms with E-state index in [1.807, 2.05) is 6.07 Å². The van der Waals surface area contributed by atoms with E-state index in [1.54, 1.807) is 12.5 Å². The smallest absolute Gasteiger partial charge is 0.197 e. The van der Waals surface area contributed by atoms with Gasteiger partial charge in [0.05, 0.1) is 5.69 Å². The monoisotopic (exact) mass is 217 g/mol. The van der Waals surface area contributed by atoms with Gasteiger partial charge in [-0.05, 0) is 18.9 Å². The van der Waals surface area contributed by atoms with Gasteiger partial charge in [-0.3, -0.25) is 0 Å². The number of aromatic nitrogens is 3. The molecule has 0 radical (unpaired) electrons. The van der Waals surface area contributed by atoms with Gasteiger partial charge in [0.15, 0.2) is 5.89 Å². The summed E-state index contributed by atoms with van der Waals surface area (Å²) in [5.74, 6) is 1.20. The van der Waals surface area contributed by atoms with Gasteiger partial charge in [0.1, 0.15) is 18.3 Å². The lowest BCUT2D eigenvalue weighted by Crippen LogP contribution is -1.95. The molecule has 0 unspecified atom stereocenters. The first kappa shape index (κ1) is 10.8. The zero-order valence-corrected chi connectivity index (χ0v) is 9.55. The predicted octanol–water partition coefficient (Wildman–Crippen LogP) is 3.04. The molecule has 0 fully saturated rings. The molecule has 0 spiro atoms. The van der Waals surface area contributed by atoms with Crippen LogP contribution in [0.1, 0.15) is 38.5 Å². The molecule has 0 N–H and O–H groups in total. The summed E-state index contributed by atoms with van der Waals surface area (Å²) in [4.78, 5) is 12.5. The normalized spacial score (nSPS) is 10.9. The van der Waals surface area contributed by atoms with Crippen LogP contribution in [-0.4, -0.2) is 15.0 Å². The van der Waals surface area contributed by atoms with Crippen LogP contribution in [-0.2, 0) is 0 Å². The maximum atomic E-state index is 5.49. The highest BCUT2D eigenvalue weighted by Gasteiger charge is 2.14. The van der Waals surface area contributed by atoms with Crippen LogP contribution in [0.5, 0.6) is 0 Å². The average molecular weight is 217 g/mol. The molecule has 0 aliphatic rings. The van der Waals surface area contributed by atoms with Crippen molar-refractivity contribution in [3.05, 3.63) is 30.7 Å². The second kappa shape index (κ2) is 4.88. The van der Waals surface area contributed by atoms with E-state index in [-0.39, 0.29) is 0 Å². The Morgan fingerprint density at radius 3 is 2.69 bits per heavy atom. The first-order valence-corrected chi connectivity index (χ1v) is 5.57. The van der Waals surface area contributed by atoms with Crippen LogP contribution in [0.2, 0.25) is 0 Å². The van der Waals surface area contributed by atoms with Crippen LogP contribution >= 0.6 is 0 Å². The SMILES string of the molecule is CCC(CC)c1nc(-c2ccncn2)co1. The molecule has 0 atom stereocenters. The lowest BCUT2D eigenvalue weighted by molar-refractivity contribution is 0.431. The topological polar surface area (TPSA) is 51.8 Å². The number of hydrogen-bond donors (Lipinski definition) is 0. The van der Waals surface area contributed by atoms with Gasteiger partial charge in [0.25, 0.3) is 0 Å². The van der Waals surface area contributed by atoms with Crippen molar-refractivity contribution >= 4 is 0 Å². The maximum absolute atomic E-state index is 5.49. The van der Waals surface area contributed by atoms with Gasteiger partial charge in [-0.25, -0.2) is 15.0 Å². The second-order valence-electron chi connectivity index (χ2n) is 3.68. The molecule has 0 amide bonds. The summed E-state index contributed by atoms with van der Waals surface area (Å²) in [6, 6.07) is 1.83. The summed E-state index contributed by atoms with van der Waals surface area (Å²) < 4.78 is 5.49. The summed E-state index contributed by atoms with van der Waals surface area (Å²) in [5, 5.41) is 0. The Kier molecular flexibility index (Phi) is 3.29. The highest BCUT2D eigenvalue weighted by Crippen LogP contribution is 2.24. The van der Waals surface area contributed by atoms with Crippen LogP contribution in [0, 0.1) is 0 Å². The molecule has 0 aromatic carbocycles. The number of rotatable bonds is 4. The van der Waals surface area contributed by atoms with Gasteiger partial charge >= 0.3 is 0 Å². The Balaban J connectivity index is 2.26. The van der Waals surface area contributed by atoms with Crippen molar-refractivity contribution in [2.24, 2.45) is 0 Å². The van der Waals surface area contributed by atoms with E-state index in [9.17, 15) is 0 Å². The fourth-order valence-corrected chi connectivity index (χ4v) is 1.67. The zero-order valence-electron chi connectivity index (χ0n) is 9.55. The van der Waals surface area contributed by atoms with Gasteiger partial charge in [-0.2, -0.15) is 0 Å². The minimum Gasteiger partial charge on any atom is -0.448 e. The molecule has 2 heterocycles. The molecule has 0 aliphatic heterocycles. The van der Waals surface area contributed by atoms with Crippen LogP contribution in [0.4, 0.5) is 0 Å². The summed E-state index contributed by atoms with van der Waals surface area (Å²) >= 11 is 0. The Labute approximate surface area is 94.8 Å². The summed E-state index contributed by atoms with van der Waals surface area (Å²) in [6.07, 6.45) is 6.96. The molecular formula is C12H15N3O. The Morgan fingerprint density at radius 2 is 2.06 bits per heavy atom. The van der Waals surface area contributed by atoms with Crippen molar-refractivity contribution in [2.75, 3.05) is 0 Å². The van der Waals surface area contributed by atoms with E-state index in [0.717, 1.165) is 30.1 Å². The predicted molar refractivity (Wildman–Crippen MR) is 60.9 cm³/mol. The summed E-state index contributed by atoms with van der Waals surface area (Å²) in [7, 11) is 0. The Bertz CT molecular complexity index is 435. The lowest BCUT2D eigenvalue weighted by Gasteiger charge is -2.05. The molecule has 4 heteroatoms. The van der Waals surface area contributed by atoms with E-state index in [0.29, 0.717) is 5.92 Å². The van der Waals surface area contributed by atoms with Crippen molar-refractivity contribution < 1.29 is 4.42 Å². The van der Waals surface area contributed by atoms with Crippen molar-refractivity contribution in [1.29, 1.82) is 0 Å². The van der Waals surface area contributed by atoms with Gasteiger partial charge in [0, 0.05) is 12.1 Å².